The number of rotatable bonds is 12. The number of hydrogen-bond acceptors (Lipinski definition) is 6. The highest BCUT2D eigenvalue weighted by molar-refractivity contribution is 5.82. The number of likely N-dealkylation sites (tertiary alicyclic amines) is 1. The minimum atomic E-state index is -0.924. The zero-order valence-corrected chi connectivity index (χ0v) is 22.7. The van der Waals surface area contributed by atoms with E-state index >= 15 is 0 Å². The second-order valence-electron chi connectivity index (χ2n) is 12.1. The van der Waals surface area contributed by atoms with Crippen LogP contribution in [-0.4, -0.2) is 75.1 Å². The van der Waals surface area contributed by atoms with Crippen LogP contribution in [0.25, 0.3) is 0 Å². The highest BCUT2D eigenvalue weighted by Crippen LogP contribution is 2.39. The molecule has 0 aromatic heterocycles. The molecule has 8 heteroatoms. The number of carbonyl (C=O) groups excluding carboxylic acids is 1. The van der Waals surface area contributed by atoms with Crippen LogP contribution in [0.3, 0.4) is 0 Å². The number of piperidine rings is 1. The summed E-state index contributed by atoms with van der Waals surface area (Å²) in [6, 6.07) is 9.08. The first-order chi connectivity index (χ1) is 17.5. The lowest BCUT2D eigenvalue weighted by Gasteiger charge is -2.47. The van der Waals surface area contributed by atoms with Gasteiger partial charge in [-0.3, -0.25) is 19.8 Å². The summed E-state index contributed by atoms with van der Waals surface area (Å²) in [4.78, 5) is 26.4. The maximum Gasteiger partial charge on any atom is 0.303 e. The number of carboxylic acid groups (broad SMARTS) is 1. The number of nitrogens with zero attached hydrogens (tertiary/aromatic N) is 1. The van der Waals surface area contributed by atoms with Crippen molar-refractivity contribution < 1.29 is 24.9 Å². The molecule has 3 rings (SSSR count). The van der Waals surface area contributed by atoms with Gasteiger partial charge in [-0.15, -0.1) is 0 Å². The molecular weight excluding hydrogens is 470 g/mol. The minimum Gasteiger partial charge on any atom is -0.481 e. The molecule has 0 spiro atoms. The van der Waals surface area contributed by atoms with Gasteiger partial charge in [0.1, 0.15) is 6.23 Å². The Morgan fingerprint density at radius 2 is 1.76 bits per heavy atom. The van der Waals surface area contributed by atoms with Crippen LogP contribution in [0.1, 0.15) is 77.7 Å². The van der Waals surface area contributed by atoms with Crippen LogP contribution in [0.4, 0.5) is 0 Å². The van der Waals surface area contributed by atoms with Crippen molar-refractivity contribution in [1.29, 1.82) is 0 Å². The number of aliphatic hydroxyl groups is 2. The van der Waals surface area contributed by atoms with E-state index in [-0.39, 0.29) is 30.3 Å². The molecule has 1 aromatic carbocycles. The maximum absolute atomic E-state index is 13.4. The molecule has 1 aromatic rings. The van der Waals surface area contributed by atoms with E-state index in [0.29, 0.717) is 31.2 Å². The number of carbonyl (C=O) groups is 2. The molecule has 2 fully saturated rings. The summed E-state index contributed by atoms with van der Waals surface area (Å²) < 4.78 is 0. The number of hydrogen-bond donors (Lipinski definition) is 5. The standard InChI is InChI=1S/C29H47N3O5/c1-29(2,3)31-28(37)24-17-21-12-7-8-13-22(21)18-32(24)19-25(33)23(16-20-10-5-4-6-11-20)30-26(34)14-9-15-27(35)36/h4-6,10-11,21-26,30,33-34H,7-9,12-19H2,1-3H3,(H,31,37)(H,35,36)/t21-,22+,23-,24?,25+,26?/m0/s1. The topological polar surface area (TPSA) is 122 Å². The predicted molar refractivity (Wildman–Crippen MR) is 144 cm³/mol. The van der Waals surface area contributed by atoms with Gasteiger partial charge in [0.15, 0.2) is 0 Å². The van der Waals surface area contributed by atoms with Crippen molar-refractivity contribution >= 4 is 11.9 Å². The van der Waals surface area contributed by atoms with Gasteiger partial charge in [-0.25, -0.2) is 0 Å². The normalized spacial score (nSPS) is 25.1. The van der Waals surface area contributed by atoms with Crippen LogP contribution in [0.2, 0.25) is 0 Å². The first-order valence-corrected chi connectivity index (χ1v) is 14.0. The van der Waals surface area contributed by atoms with Crippen LogP contribution < -0.4 is 10.6 Å². The Labute approximate surface area is 221 Å². The quantitative estimate of drug-likeness (QED) is 0.270. The van der Waals surface area contributed by atoms with Gasteiger partial charge < -0.3 is 20.6 Å². The monoisotopic (exact) mass is 517 g/mol. The van der Waals surface area contributed by atoms with Crippen molar-refractivity contribution in [1.82, 2.24) is 15.5 Å². The molecule has 1 aliphatic carbocycles. The SMILES string of the molecule is CC(C)(C)NC(=O)C1C[C@@H]2CCCC[C@@H]2CN1C[C@@H](O)[C@H](Cc1ccccc1)NC(O)CCCC(=O)O. The van der Waals surface area contributed by atoms with Gasteiger partial charge in [0.05, 0.1) is 12.1 Å². The van der Waals surface area contributed by atoms with Crippen molar-refractivity contribution in [2.24, 2.45) is 11.8 Å². The fourth-order valence-corrected chi connectivity index (χ4v) is 5.95. The molecule has 5 N–H and O–H groups in total. The van der Waals surface area contributed by atoms with Gasteiger partial charge >= 0.3 is 5.97 Å². The Morgan fingerprint density at radius 3 is 2.41 bits per heavy atom. The van der Waals surface area contributed by atoms with Crippen molar-refractivity contribution in [3.8, 4) is 0 Å². The lowest BCUT2D eigenvalue weighted by atomic mass is 9.72. The summed E-state index contributed by atoms with van der Waals surface area (Å²) in [6.07, 6.45) is 4.98. The van der Waals surface area contributed by atoms with Crippen molar-refractivity contribution in [3.05, 3.63) is 35.9 Å². The molecule has 208 valence electrons. The van der Waals surface area contributed by atoms with Crippen LogP contribution in [0.15, 0.2) is 30.3 Å². The number of amides is 1. The Balaban J connectivity index is 1.73. The molecule has 6 atom stereocenters. The van der Waals surface area contributed by atoms with E-state index in [4.69, 9.17) is 5.11 Å². The molecule has 37 heavy (non-hydrogen) atoms. The number of aliphatic hydroxyl groups excluding tert-OH is 2. The highest BCUT2D eigenvalue weighted by Gasteiger charge is 2.41. The number of β-amino-alcohol motifs (C(OH)–C–C–N with tert-alkyl or cyclic N) is 1. The molecule has 2 aliphatic rings. The third-order valence-electron chi connectivity index (χ3n) is 7.76. The third kappa shape index (κ3) is 9.67. The minimum absolute atomic E-state index is 0.00839. The first-order valence-electron chi connectivity index (χ1n) is 14.0. The average molecular weight is 518 g/mol. The van der Waals surface area contributed by atoms with E-state index < -0.39 is 24.3 Å². The number of carboxylic acids is 1. The van der Waals surface area contributed by atoms with Gasteiger partial charge in [-0.2, -0.15) is 0 Å². The molecule has 1 amide bonds. The maximum atomic E-state index is 13.4. The molecule has 1 saturated heterocycles. The Kier molecular flexibility index (Phi) is 10.9. The van der Waals surface area contributed by atoms with Crippen LogP contribution >= 0.6 is 0 Å². The predicted octanol–water partition coefficient (Wildman–Crippen LogP) is 2.92. The number of fused-ring (bicyclic) bond motifs is 1. The lowest BCUT2D eigenvalue weighted by Crippen LogP contribution is -2.60. The lowest BCUT2D eigenvalue weighted by molar-refractivity contribution is -0.137. The van der Waals surface area contributed by atoms with Crippen molar-refractivity contribution in [3.63, 3.8) is 0 Å². The van der Waals surface area contributed by atoms with Crippen LogP contribution in [-0.2, 0) is 16.0 Å². The van der Waals surface area contributed by atoms with Crippen LogP contribution in [0, 0.1) is 11.8 Å². The van der Waals surface area contributed by atoms with E-state index in [9.17, 15) is 19.8 Å². The van der Waals surface area contributed by atoms with E-state index in [0.717, 1.165) is 18.5 Å². The molecule has 2 unspecified atom stereocenters. The largest absolute Gasteiger partial charge is 0.481 e. The average Bonchev–Trinajstić information content (AvgIpc) is 2.82. The fraction of sp³-hybridized carbons (Fsp3) is 0.724. The first kappa shape index (κ1) is 29.6. The zero-order valence-electron chi connectivity index (χ0n) is 22.7. The van der Waals surface area contributed by atoms with E-state index in [1.54, 1.807) is 0 Å². The van der Waals surface area contributed by atoms with Gasteiger partial charge in [-0.1, -0.05) is 49.6 Å². The van der Waals surface area contributed by atoms with Gasteiger partial charge in [0.2, 0.25) is 5.91 Å². The van der Waals surface area contributed by atoms with Gasteiger partial charge in [0.25, 0.3) is 0 Å². The second-order valence-corrected chi connectivity index (χ2v) is 12.1. The van der Waals surface area contributed by atoms with E-state index in [1.807, 2.05) is 51.1 Å². The second kappa shape index (κ2) is 13.7. The van der Waals surface area contributed by atoms with Gasteiger partial charge in [0, 0.05) is 31.1 Å². The summed E-state index contributed by atoms with van der Waals surface area (Å²) in [5.41, 5.74) is 0.701. The molecule has 0 bridgehead atoms. The highest BCUT2D eigenvalue weighted by atomic mass is 16.4. The third-order valence-corrected chi connectivity index (χ3v) is 7.76. The fourth-order valence-electron chi connectivity index (χ4n) is 5.95. The summed E-state index contributed by atoms with van der Waals surface area (Å²) >= 11 is 0. The number of benzene rings is 1. The van der Waals surface area contributed by atoms with Gasteiger partial charge in [-0.05, 0) is 70.3 Å². The zero-order chi connectivity index (χ0) is 27.0. The van der Waals surface area contributed by atoms with Crippen LogP contribution in [0.5, 0.6) is 0 Å². The Morgan fingerprint density at radius 1 is 1.08 bits per heavy atom. The van der Waals surface area contributed by atoms with Crippen molar-refractivity contribution in [2.75, 3.05) is 13.1 Å². The summed E-state index contributed by atoms with van der Waals surface area (Å²) in [5.74, 6) is 0.220. The molecular formula is C29H47N3O5. The number of aliphatic carboxylic acids is 1. The van der Waals surface area contributed by atoms with E-state index in [2.05, 4.69) is 15.5 Å². The number of nitrogens with one attached hydrogen (secondary N) is 2. The molecule has 0 radical (unpaired) electrons. The van der Waals surface area contributed by atoms with E-state index in [1.165, 1.54) is 25.7 Å². The Bertz CT molecular complexity index is 859. The molecule has 8 nitrogen and oxygen atoms in total. The molecule has 1 heterocycles. The van der Waals surface area contributed by atoms with Crippen molar-refractivity contribution in [2.45, 2.75) is 109 Å². The molecule has 1 aliphatic heterocycles. The Hall–Kier alpha value is -2.00. The summed E-state index contributed by atoms with van der Waals surface area (Å²) in [5, 5.41) is 37.3. The smallest absolute Gasteiger partial charge is 0.303 e. The summed E-state index contributed by atoms with van der Waals surface area (Å²) in [7, 11) is 0. The summed E-state index contributed by atoms with van der Waals surface area (Å²) in [6.45, 7) is 7.09. The molecule has 1 saturated carbocycles.